The Hall–Kier alpha value is -4.52. The predicted octanol–water partition coefficient (Wildman–Crippen LogP) is 5.65. The van der Waals surface area contributed by atoms with E-state index in [1.54, 1.807) is 30.5 Å². The number of H-pyrrole nitrogens is 1. The van der Waals surface area contributed by atoms with Crippen LogP contribution in [0.15, 0.2) is 84.6 Å². The molecule has 0 aliphatic carbocycles. The summed E-state index contributed by atoms with van der Waals surface area (Å²) in [6.45, 7) is 3.88. The number of aliphatic hydroxyl groups is 1. The fourth-order valence-corrected chi connectivity index (χ4v) is 4.74. The van der Waals surface area contributed by atoms with Gasteiger partial charge in [-0.05, 0) is 61.9 Å². The van der Waals surface area contributed by atoms with Crippen LogP contribution < -0.4 is 14.5 Å². The minimum atomic E-state index is -0.804. The number of ether oxygens (including phenoxy) is 1. The summed E-state index contributed by atoms with van der Waals surface area (Å²) >= 11 is 0. The summed E-state index contributed by atoms with van der Waals surface area (Å²) in [5, 5.41) is 12.3. The molecule has 4 aromatic rings. The van der Waals surface area contributed by atoms with Crippen LogP contribution in [-0.2, 0) is 9.59 Å². The highest BCUT2D eigenvalue weighted by atomic mass is 16.5. The number of benzene rings is 3. The van der Waals surface area contributed by atoms with Crippen LogP contribution in [0.4, 0.5) is 11.4 Å². The van der Waals surface area contributed by atoms with Crippen LogP contribution in [0.1, 0.15) is 31.0 Å². The number of anilines is 2. The van der Waals surface area contributed by atoms with Crippen LogP contribution in [0.25, 0.3) is 16.7 Å². The molecule has 7 heteroatoms. The van der Waals surface area contributed by atoms with Gasteiger partial charge in [0, 0.05) is 48.1 Å². The second kappa shape index (κ2) is 9.50. The van der Waals surface area contributed by atoms with Gasteiger partial charge < -0.3 is 19.7 Å². The monoisotopic (exact) mass is 495 g/mol. The van der Waals surface area contributed by atoms with E-state index in [1.165, 1.54) is 4.90 Å². The number of carbonyl (C=O) groups is 2. The Bertz CT molecular complexity index is 1500. The van der Waals surface area contributed by atoms with Gasteiger partial charge >= 0.3 is 0 Å². The van der Waals surface area contributed by atoms with Gasteiger partial charge in [0.25, 0.3) is 11.7 Å². The Balaban J connectivity index is 1.67. The maximum atomic E-state index is 13.5. The van der Waals surface area contributed by atoms with E-state index in [0.29, 0.717) is 22.6 Å². The molecule has 1 aliphatic heterocycles. The summed E-state index contributed by atoms with van der Waals surface area (Å²) in [6.07, 6.45) is 1.67. The van der Waals surface area contributed by atoms with Crippen LogP contribution in [-0.4, -0.2) is 42.0 Å². The van der Waals surface area contributed by atoms with Crippen LogP contribution in [0.5, 0.6) is 5.75 Å². The highest BCUT2D eigenvalue weighted by Gasteiger charge is 2.47. The molecule has 2 heterocycles. The third-order valence-electron chi connectivity index (χ3n) is 6.50. The molecule has 1 aliphatic rings. The van der Waals surface area contributed by atoms with Crippen LogP contribution in [0.2, 0.25) is 0 Å². The molecular formula is C30H29N3O4. The number of fused-ring (bicyclic) bond motifs is 1. The number of hydrogen-bond acceptors (Lipinski definition) is 5. The third-order valence-corrected chi connectivity index (χ3v) is 6.50. The fraction of sp³-hybridized carbons (Fsp3) is 0.200. The van der Waals surface area contributed by atoms with Crippen molar-refractivity contribution in [3.8, 4) is 5.75 Å². The molecule has 1 fully saturated rings. The Morgan fingerprint density at radius 2 is 1.65 bits per heavy atom. The van der Waals surface area contributed by atoms with Gasteiger partial charge in [0.05, 0.1) is 17.7 Å². The first-order valence-corrected chi connectivity index (χ1v) is 12.2. The van der Waals surface area contributed by atoms with Gasteiger partial charge in [-0.25, -0.2) is 0 Å². The first-order chi connectivity index (χ1) is 17.8. The number of para-hydroxylation sites is 1. The molecule has 0 radical (unpaired) electrons. The Morgan fingerprint density at radius 3 is 2.30 bits per heavy atom. The van der Waals surface area contributed by atoms with Crippen molar-refractivity contribution in [2.45, 2.75) is 26.0 Å². The maximum absolute atomic E-state index is 13.5. The van der Waals surface area contributed by atoms with Gasteiger partial charge in [0.2, 0.25) is 0 Å². The quantitative estimate of drug-likeness (QED) is 0.205. The number of rotatable bonds is 6. The van der Waals surface area contributed by atoms with Crippen molar-refractivity contribution < 1.29 is 19.4 Å². The van der Waals surface area contributed by atoms with Gasteiger partial charge in [-0.15, -0.1) is 0 Å². The number of aliphatic hydroxyl groups excluding tert-OH is 1. The number of Topliss-reactive ketones (excluding diaryl/α,β-unsaturated/α-hetero) is 1. The molecule has 0 bridgehead atoms. The van der Waals surface area contributed by atoms with E-state index in [1.807, 2.05) is 81.4 Å². The van der Waals surface area contributed by atoms with Crippen molar-refractivity contribution in [1.82, 2.24) is 4.98 Å². The summed E-state index contributed by atoms with van der Waals surface area (Å²) in [7, 11) is 3.89. The third kappa shape index (κ3) is 4.33. The van der Waals surface area contributed by atoms with E-state index in [-0.39, 0.29) is 17.4 Å². The summed E-state index contributed by atoms with van der Waals surface area (Å²) in [5.74, 6) is -0.964. The molecule has 2 N–H and O–H groups in total. The van der Waals surface area contributed by atoms with Crippen molar-refractivity contribution in [2.75, 3.05) is 23.9 Å². The van der Waals surface area contributed by atoms with E-state index in [4.69, 9.17) is 4.74 Å². The zero-order valence-corrected chi connectivity index (χ0v) is 21.2. The minimum absolute atomic E-state index is 0.00598. The lowest BCUT2D eigenvalue weighted by atomic mass is 9.94. The maximum Gasteiger partial charge on any atom is 0.300 e. The van der Waals surface area contributed by atoms with Crippen LogP contribution >= 0.6 is 0 Å². The number of aromatic nitrogens is 1. The molecule has 1 aromatic heterocycles. The first kappa shape index (κ1) is 24.2. The second-order valence-corrected chi connectivity index (χ2v) is 9.56. The topological polar surface area (TPSA) is 85.9 Å². The molecule has 1 unspecified atom stereocenters. The summed E-state index contributed by atoms with van der Waals surface area (Å²) in [5.41, 5.74) is 3.59. The standard InChI is InChI=1S/C30H29N3O4/c1-18(2)37-22-15-13-21(14-16-22)33-27(19-9-11-20(12-10-19)32(3)4)26(29(35)30(33)36)28(34)24-17-31-25-8-6-5-7-23(24)25/h5-18,27,31,34H,1-4H3/b28-26-. The van der Waals surface area contributed by atoms with E-state index in [9.17, 15) is 14.7 Å². The molecule has 7 nitrogen and oxygen atoms in total. The van der Waals surface area contributed by atoms with Crippen molar-refractivity contribution in [3.05, 3.63) is 95.7 Å². The first-order valence-electron chi connectivity index (χ1n) is 12.2. The molecule has 3 aromatic carbocycles. The molecule has 1 amide bonds. The zero-order valence-electron chi connectivity index (χ0n) is 21.2. The molecule has 0 saturated carbocycles. The van der Waals surface area contributed by atoms with Gasteiger partial charge in [-0.3, -0.25) is 14.5 Å². The number of hydrogen-bond donors (Lipinski definition) is 2. The number of nitrogens with one attached hydrogen (secondary N) is 1. The second-order valence-electron chi connectivity index (χ2n) is 9.56. The van der Waals surface area contributed by atoms with Crippen molar-refractivity contribution in [1.29, 1.82) is 0 Å². The van der Waals surface area contributed by atoms with E-state index >= 15 is 0 Å². The van der Waals surface area contributed by atoms with Crippen molar-refractivity contribution >= 4 is 39.7 Å². The summed E-state index contributed by atoms with van der Waals surface area (Å²) < 4.78 is 5.75. The molecule has 1 saturated heterocycles. The molecule has 188 valence electrons. The average Bonchev–Trinajstić information content (AvgIpc) is 3.43. The van der Waals surface area contributed by atoms with Gasteiger partial charge in [0.1, 0.15) is 11.5 Å². The Labute approximate surface area is 215 Å². The van der Waals surface area contributed by atoms with Gasteiger partial charge in [-0.1, -0.05) is 30.3 Å². The molecule has 1 atom stereocenters. The van der Waals surface area contributed by atoms with E-state index < -0.39 is 17.7 Å². The highest BCUT2D eigenvalue weighted by molar-refractivity contribution is 6.51. The lowest BCUT2D eigenvalue weighted by Crippen LogP contribution is -2.29. The van der Waals surface area contributed by atoms with E-state index in [2.05, 4.69) is 4.98 Å². The van der Waals surface area contributed by atoms with Crippen LogP contribution in [0.3, 0.4) is 0 Å². The molecule has 37 heavy (non-hydrogen) atoms. The number of nitrogens with zero attached hydrogens (tertiary/aromatic N) is 2. The smallest absolute Gasteiger partial charge is 0.300 e. The van der Waals surface area contributed by atoms with Crippen LogP contribution in [0, 0.1) is 0 Å². The number of amides is 1. The molecule has 0 spiro atoms. The molecule has 5 rings (SSSR count). The summed E-state index contributed by atoms with van der Waals surface area (Å²) in [4.78, 5) is 33.5. The average molecular weight is 496 g/mol. The van der Waals surface area contributed by atoms with Crippen molar-refractivity contribution in [2.24, 2.45) is 0 Å². The zero-order chi connectivity index (χ0) is 26.3. The lowest BCUT2D eigenvalue weighted by molar-refractivity contribution is -0.132. The Morgan fingerprint density at radius 1 is 0.973 bits per heavy atom. The SMILES string of the molecule is CC(C)Oc1ccc(N2C(=O)C(=O)/C(=C(\O)c3c[nH]c4ccccc34)C2c2ccc(N(C)C)cc2)cc1. The van der Waals surface area contributed by atoms with Gasteiger partial charge in [-0.2, -0.15) is 0 Å². The largest absolute Gasteiger partial charge is 0.507 e. The minimum Gasteiger partial charge on any atom is -0.507 e. The number of ketones is 1. The number of aromatic amines is 1. The predicted molar refractivity (Wildman–Crippen MR) is 146 cm³/mol. The van der Waals surface area contributed by atoms with E-state index in [0.717, 1.165) is 16.6 Å². The normalized spacial score (nSPS) is 17.1. The highest BCUT2D eigenvalue weighted by Crippen LogP contribution is 2.43. The summed E-state index contributed by atoms with van der Waals surface area (Å²) in [6, 6.07) is 21.4. The van der Waals surface area contributed by atoms with Gasteiger partial charge in [0.15, 0.2) is 0 Å². The van der Waals surface area contributed by atoms with Crippen molar-refractivity contribution in [3.63, 3.8) is 0 Å². The fourth-order valence-electron chi connectivity index (χ4n) is 4.74. The lowest BCUT2D eigenvalue weighted by Gasteiger charge is -2.26. The molecular weight excluding hydrogens is 466 g/mol. The number of carbonyl (C=O) groups excluding carboxylic acids is 2. The Kier molecular flexibility index (Phi) is 6.21.